The van der Waals surface area contributed by atoms with Crippen molar-refractivity contribution in [1.82, 2.24) is 9.55 Å². The Bertz CT molecular complexity index is 1720. The van der Waals surface area contributed by atoms with Crippen LogP contribution < -0.4 is 4.57 Å². The summed E-state index contributed by atoms with van der Waals surface area (Å²) in [5, 5.41) is 2.25. The number of aryl methyl sites for hydroxylation is 5. The number of hydrogen-bond donors (Lipinski definition) is 0. The summed E-state index contributed by atoms with van der Waals surface area (Å²) in [6.45, 7) is 8.39. The fourth-order valence-corrected chi connectivity index (χ4v) is 5.18. The summed E-state index contributed by atoms with van der Waals surface area (Å²) in [5.41, 5.74) is 10.7. The summed E-state index contributed by atoms with van der Waals surface area (Å²) in [6, 6.07) is 23.6. The zero-order chi connectivity index (χ0) is 22.9. The Morgan fingerprint density at radius 1 is 0.788 bits per heavy atom. The lowest BCUT2D eigenvalue weighted by Crippen LogP contribution is -2.30. The number of furan rings is 1. The van der Waals surface area contributed by atoms with Gasteiger partial charge in [0.05, 0.1) is 12.7 Å². The zero-order valence-corrected chi connectivity index (χ0v) is 19.6. The van der Waals surface area contributed by atoms with Gasteiger partial charge in [0.15, 0.2) is 22.2 Å². The summed E-state index contributed by atoms with van der Waals surface area (Å²) in [6.07, 6.45) is 0. The monoisotopic (exact) mass is 432 g/mol. The number of benzene rings is 3. The van der Waals surface area contributed by atoms with Gasteiger partial charge in [-0.15, -0.1) is 0 Å². The van der Waals surface area contributed by atoms with E-state index in [1.807, 2.05) is 13.8 Å². The first-order chi connectivity index (χ1) is 16.0. The van der Waals surface area contributed by atoms with E-state index in [0.29, 0.717) is 0 Å². The van der Waals surface area contributed by atoms with Crippen LogP contribution in [0, 0.1) is 27.7 Å². The van der Waals surface area contributed by atoms with Crippen LogP contribution in [0.2, 0.25) is 0 Å². The molecule has 4 nitrogen and oxygen atoms in total. The SMILES string of the molecule is Cc1cc2c(oc3c(-c4n(-c5ccccc5C)c5ccccc5[n+]4C)c(C)ccc32)c(C)n1. The second kappa shape index (κ2) is 7.04. The number of rotatable bonds is 2. The lowest BCUT2D eigenvalue weighted by molar-refractivity contribution is -0.633. The fourth-order valence-electron chi connectivity index (χ4n) is 5.18. The third kappa shape index (κ3) is 2.77. The predicted molar refractivity (Wildman–Crippen MR) is 134 cm³/mol. The smallest absolute Gasteiger partial charge is 0.298 e. The highest BCUT2D eigenvalue weighted by Gasteiger charge is 2.31. The highest BCUT2D eigenvalue weighted by atomic mass is 16.3. The normalized spacial score (nSPS) is 11.8. The van der Waals surface area contributed by atoms with E-state index in [1.165, 1.54) is 27.8 Å². The van der Waals surface area contributed by atoms with Crippen LogP contribution in [-0.4, -0.2) is 9.55 Å². The Kier molecular flexibility index (Phi) is 4.21. The third-order valence-corrected chi connectivity index (χ3v) is 6.72. The van der Waals surface area contributed by atoms with Crippen LogP contribution in [0.3, 0.4) is 0 Å². The van der Waals surface area contributed by atoms with Gasteiger partial charge in [-0.05, 0) is 63.1 Å². The Labute approximate surface area is 192 Å². The maximum Gasteiger partial charge on any atom is 0.298 e. The molecule has 162 valence electrons. The van der Waals surface area contributed by atoms with Gasteiger partial charge < -0.3 is 4.42 Å². The van der Waals surface area contributed by atoms with E-state index in [2.05, 4.69) is 102 Å². The largest absolute Gasteiger partial charge is 0.453 e. The fraction of sp³-hybridized carbons (Fsp3) is 0.172. The maximum atomic E-state index is 6.59. The second-order valence-electron chi connectivity index (χ2n) is 8.96. The number of fused-ring (bicyclic) bond motifs is 4. The standard InChI is InChI=1S/C29H26N3O/c1-17-10-6-7-11-23(17)32-25-13-9-8-12-24(25)31(5)29(32)26-18(2)14-15-21-22-16-19(3)30-20(4)27(22)33-28(21)26/h6-16H,1-5H3/q+1. The van der Waals surface area contributed by atoms with Crippen molar-refractivity contribution in [3.05, 3.63) is 89.2 Å². The van der Waals surface area contributed by atoms with Gasteiger partial charge in [-0.2, -0.15) is 4.57 Å². The van der Waals surface area contributed by atoms with Crippen molar-refractivity contribution < 1.29 is 8.98 Å². The summed E-state index contributed by atoms with van der Waals surface area (Å²) in [5.74, 6) is 1.11. The lowest BCUT2D eigenvalue weighted by atomic mass is 10.0. The van der Waals surface area contributed by atoms with E-state index >= 15 is 0 Å². The summed E-state index contributed by atoms with van der Waals surface area (Å²) in [4.78, 5) is 4.65. The third-order valence-electron chi connectivity index (χ3n) is 6.72. The Morgan fingerprint density at radius 2 is 1.55 bits per heavy atom. The van der Waals surface area contributed by atoms with Gasteiger partial charge in [-0.25, -0.2) is 4.57 Å². The number of para-hydroxylation sites is 3. The lowest BCUT2D eigenvalue weighted by Gasteiger charge is -2.09. The molecule has 0 fully saturated rings. The molecule has 0 spiro atoms. The number of nitrogens with zero attached hydrogens (tertiary/aromatic N) is 3. The minimum atomic E-state index is 0.864. The molecule has 33 heavy (non-hydrogen) atoms. The van der Waals surface area contributed by atoms with Gasteiger partial charge in [0.25, 0.3) is 5.82 Å². The summed E-state index contributed by atoms with van der Waals surface area (Å²) >= 11 is 0. The first kappa shape index (κ1) is 19.7. The van der Waals surface area contributed by atoms with E-state index in [4.69, 9.17) is 4.42 Å². The van der Waals surface area contributed by atoms with Crippen LogP contribution in [0.4, 0.5) is 0 Å². The molecule has 6 aromatic rings. The molecule has 0 N–H and O–H groups in total. The molecule has 0 aliphatic carbocycles. The number of imidazole rings is 1. The van der Waals surface area contributed by atoms with E-state index in [9.17, 15) is 0 Å². The molecule has 0 aliphatic heterocycles. The van der Waals surface area contributed by atoms with Crippen LogP contribution in [0.5, 0.6) is 0 Å². The van der Waals surface area contributed by atoms with Crippen LogP contribution in [0.25, 0.3) is 50.0 Å². The molecular weight excluding hydrogens is 406 g/mol. The molecule has 0 aliphatic rings. The van der Waals surface area contributed by atoms with Crippen molar-refractivity contribution in [2.24, 2.45) is 7.05 Å². The van der Waals surface area contributed by atoms with Gasteiger partial charge in [0.2, 0.25) is 0 Å². The maximum absolute atomic E-state index is 6.59. The molecule has 3 aromatic heterocycles. The minimum absolute atomic E-state index is 0.864. The Morgan fingerprint density at radius 3 is 2.36 bits per heavy atom. The Balaban J connectivity index is 1.82. The molecule has 0 radical (unpaired) electrons. The molecule has 0 atom stereocenters. The zero-order valence-electron chi connectivity index (χ0n) is 19.6. The predicted octanol–water partition coefficient (Wildman–Crippen LogP) is 6.65. The second-order valence-corrected chi connectivity index (χ2v) is 8.96. The van der Waals surface area contributed by atoms with E-state index in [-0.39, 0.29) is 0 Å². The molecule has 0 amide bonds. The Hall–Kier alpha value is -3.92. The number of aromatic nitrogens is 3. The van der Waals surface area contributed by atoms with Crippen LogP contribution in [0.1, 0.15) is 22.5 Å². The van der Waals surface area contributed by atoms with Crippen molar-refractivity contribution in [2.75, 3.05) is 0 Å². The van der Waals surface area contributed by atoms with E-state index in [0.717, 1.165) is 44.7 Å². The molecule has 3 heterocycles. The molecule has 3 aromatic carbocycles. The molecular formula is C29H26N3O+. The van der Waals surface area contributed by atoms with Gasteiger partial charge in [0, 0.05) is 16.5 Å². The molecule has 6 rings (SSSR count). The topological polar surface area (TPSA) is 34.8 Å². The number of hydrogen-bond acceptors (Lipinski definition) is 2. The van der Waals surface area contributed by atoms with Crippen molar-refractivity contribution in [3.63, 3.8) is 0 Å². The van der Waals surface area contributed by atoms with Crippen molar-refractivity contribution in [3.8, 4) is 17.1 Å². The average molecular weight is 433 g/mol. The van der Waals surface area contributed by atoms with E-state index < -0.39 is 0 Å². The van der Waals surface area contributed by atoms with Gasteiger partial charge in [-0.3, -0.25) is 4.98 Å². The summed E-state index contributed by atoms with van der Waals surface area (Å²) in [7, 11) is 2.14. The summed E-state index contributed by atoms with van der Waals surface area (Å²) < 4.78 is 11.2. The highest BCUT2D eigenvalue weighted by molar-refractivity contribution is 6.10. The molecule has 0 saturated heterocycles. The molecule has 0 bridgehead atoms. The van der Waals surface area contributed by atoms with Crippen LogP contribution in [0.15, 0.2) is 71.1 Å². The highest BCUT2D eigenvalue weighted by Crippen LogP contribution is 2.40. The van der Waals surface area contributed by atoms with Crippen molar-refractivity contribution >= 4 is 33.0 Å². The van der Waals surface area contributed by atoms with Gasteiger partial charge >= 0.3 is 0 Å². The van der Waals surface area contributed by atoms with Crippen molar-refractivity contribution in [1.29, 1.82) is 0 Å². The first-order valence-corrected chi connectivity index (χ1v) is 11.3. The molecule has 4 heteroatoms. The molecule has 0 unspecified atom stereocenters. The molecule has 0 saturated carbocycles. The number of pyridine rings is 1. The van der Waals surface area contributed by atoms with Gasteiger partial charge in [-0.1, -0.05) is 42.5 Å². The first-order valence-electron chi connectivity index (χ1n) is 11.3. The van der Waals surface area contributed by atoms with Gasteiger partial charge in [0.1, 0.15) is 11.3 Å². The minimum Gasteiger partial charge on any atom is -0.453 e. The van der Waals surface area contributed by atoms with E-state index in [1.54, 1.807) is 0 Å². The van der Waals surface area contributed by atoms with Crippen molar-refractivity contribution in [2.45, 2.75) is 27.7 Å². The average Bonchev–Trinajstić information content (AvgIpc) is 3.30. The van der Waals surface area contributed by atoms with Crippen LogP contribution >= 0.6 is 0 Å². The van der Waals surface area contributed by atoms with Crippen LogP contribution in [-0.2, 0) is 7.05 Å². The quantitative estimate of drug-likeness (QED) is 0.287.